The Hall–Kier alpha value is -0.910. The maximum Gasteiger partial charge on any atom is 0.279 e. The van der Waals surface area contributed by atoms with Gasteiger partial charge in [0.2, 0.25) is 0 Å². The van der Waals surface area contributed by atoms with Crippen molar-refractivity contribution in [2.75, 3.05) is 7.05 Å². The first-order valence-corrected chi connectivity index (χ1v) is 8.50. The van der Waals surface area contributed by atoms with Crippen molar-refractivity contribution < 1.29 is 8.42 Å². The zero-order valence-corrected chi connectivity index (χ0v) is 13.3. The molecule has 1 aliphatic carbocycles. The van der Waals surface area contributed by atoms with Crippen molar-refractivity contribution in [2.45, 2.75) is 45.7 Å². The van der Waals surface area contributed by atoms with E-state index < -0.39 is 10.2 Å². The van der Waals surface area contributed by atoms with Gasteiger partial charge in [0, 0.05) is 19.6 Å². The minimum absolute atomic E-state index is 0.0632. The van der Waals surface area contributed by atoms with Crippen molar-refractivity contribution in [1.29, 1.82) is 0 Å². The van der Waals surface area contributed by atoms with Crippen LogP contribution in [0.1, 0.15) is 38.7 Å². The number of hydrogen-bond donors (Lipinski definition) is 1. The summed E-state index contributed by atoms with van der Waals surface area (Å²) in [5.41, 5.74) is 1.23. The van der Waals surface area contributed by atoms with E-state index in [-0.39, 0.29) is 11.5 Å². The molecule has 5 heteroatoms. The van der Waals surface area contributed by atoms with E-state index in [2.05, 4.69) is 18.6 Å². The average molecular weight is 296 g/mol. The normalized spacial score (nSPS) is 22.3. The molecule has 0 heterocycles. The van der Waals surface area contributed by atoms with Crippen LogP contribution >= 0.6 is 0 Å². The summed E-state index contributed by atoms with van der Waals surface area (Å²) in [6.45, 7) is 4.77. The lowest BCUT2D eigenvalue weighted by Crippen LogP contribution is -2.42. The van der Waals surface area contributed by atoms with Crippen molar-refractivity contribution >= 4 is 10.2 Å². The van der Waals surface area contributed by atoms with Gasteiger partial charge in [-0.05, 0) is 30.2 Å². The second-order valence-corrected chi connectivity index (χ2v) is 8.28. The summed E-state index contributed by atoms with van der Waals surface area (Å²) in [5.74, 6) is 0. The third-order valence-electron chi connectivity index (χ3n) is 3.94. The Balaban J connectivity index is 1.96. The van der Waals surface area contributed by atoms with Crippen LogP contribution in [0.25, 0.3) is 0 Å². The largest absolute Gasteiger partial charge is 0.279 e. The van der Waals surface area contributed by atoms with Gasteiger partial charge in [-0.2, -0.15) is 17.4 Å². The molecule has 1 atom stereocenters. The molecular weight excluding hydrogens is 272 g/mol. The lowest BCUT2D eigenvalue weighted by molar-refractivity contribution is 0.369. The first-order chi connectivity index (χ1) is 9.28. The van der Waals surface area contributed by atoms with E-state index in [9.17, 15) is 8.42 Å². The van der Waals surface area contributed by atoms with Crippen LogP contribution in [0, 0.1) is 5.41 Å². The van der Waals surface area contributed by atoms with Crippen molar-refractivity contribution in [2.24, 2.45) is 5.41 Å². The molecule has 1 aromatic rings. The number of rotatable bonds is 5. The lowest BCUT2D eigenvalue weighted by atomic mass is 9.92. The smallest absolute Gasteiger partial charge is 0.199 e. The van der Waals surface area contributed by atoms with E-state index in [1.165, 1.54) is 4.31 Å². The fourth-order valence-corrected chi connectivity index (χ4v) is 3.88. The second kappa shape index (κ2) is 5.84. The molecule has 0 bridgehead atoms. The Morgan fingerprint density at radius 1 is 1.30 bits per heavy atom. The summed E-state index contributed by atoms with van der Waals surface area (Å²) in [5, 5.41) is 0. The van der Waals surface area contributed by atoms with Crippen molar-refractivity contribution in [3.8, 4) is 0 Å². The minimum Gasteiger partial charge on any atom is -0.199 e. The fraction of sp³-hybridized carbons (Fsp3) is 0.600. The van der Waals surface area contributed by atoms with E-state index >= 15 is 0 Å². The Morgan fingerprint density at radius 2 is 1.95 bits per heavy atom. The molecule has 1 unspecified atom stereocenters. The van der Waals surface area contributed by atoms with Crippen LogP contribution in [-0.2, 0) is 16.8 Å². The Bertz CT molecular complexity index is 540. The highest BCUT2D eigenvalue weighted by Gasteiger charge is 2.34. The molecule has 1 aliphatic rings. The van der Waals surface area contributed by atoms with Crippen molar-refractivity contribution in [1.82, 2.24) is 9.03 Å². The van der Waals surface area contributed by atoms with Gasteiger partial charge >= 0.3 is 0 Å². The van der Waals surface area contributed by atoms with Gasteiger partial charge in [0.05, 0.1) is 0 Å². The molecule has 0 spiro atoms. The van der Waals surface area contributed by atoms with E-state index in [0.29, 0.717) is 6.54 Å². The topological polar surface area (TPSA) is 49.4 Å². The number of nitrogens with one attached hydrogen (secondary N) is 1. The molecule has 0 aliphatic heterocycles. The molecule has 0 aromatic heterocycles. The summed E-state index contributed by atoms with van der Waals surface area (Å²) in [6.07, 6.45) is 2.90. The van der Waals surface area contributed by atoms with Gasteiger partial charge in [-0.25, -0.2) is 0 Å². The molecular formula is C15H24N2O2S. The van der Waals surface area contributed by atoms with E-state index in [1.807, 2.05) is 30.3 Å². The highest BCUT2D eigenvalue weighted by molar-refractivity contribution is 7.87. The summed E-state index contributed by atoms with van der Waals surface area (Å²) in [6, 6.07) is 9.70. The Morgan fingerprint density at radius 3 is 2.50 bits per heavy atom. The molecule has 0 saturated heterocycles. The standard InChI is InChI=1S/C15H24N2O2S/c1-15(2)10-9-14(11-15)16-20(18,19)17(3)12-13-7-5-4-6-8-13/h4-8,14,16H,9-12H2,1-3H3. The molecule has 1 N–H and O–H groups in total. The monoisotopic (exact) mass is 296 g/mol. The minimum atomic E-state index is -3.41. The molecule has 20 heavy (non-hydrogen) atoms. The average Bonchev–Trinajstić information content (AvgIpc) is 2.69. The highest BCUT2D eigenvalue weighted by Crippen LogP contribution is 2.37. The van der Waals surface area contributed by atoms with Gasteiger partial charge in [0.25, 0.3) is 10.2 Å². The lowest BCUT2D eigenvalue weighted by Gasteiger charge is -2.22. The fourth-order valence-electron chi connectivity index (χ4n) is 2.76. The maximum atomic E-state index is 12.3. The van der Waals surface area contributed by atoms with Crippen LogP contribution in [0.15, 0.2) is 30.3 Å². The third-order valence-corrected chi connectivity index (χ3v) is 5.52. The number of benzene rings is 1. The number of hydrogen-bond acceptors (Lipinski definition) is 2. The van der Waals surface area contributed by atoms with Crippen LogP contribution < -0.4 is 4.72 Å². The van der Waals surface area contributed by atoms with E-state index in [1.54, 1.807) is 7.05 Å². The molecule has 1 aromatic carbocycles. The summed E-state index contributed by atoms with van der Waals surface area (Å²) < 4.78 is 28.8. The summed E-state index contributed by atoms with van der Waals surface area (Å²) in [7, 11) is -1.79. The van der Waals surface area contributed by atoms with Crippen molar-refractivity contribution in [3.05, 3.63) is 35.9 Å². The molecule has 112 valence electrons. The van der Waals surface area contributed by atoms with Gasteiger partial charge in [0.15, 0.2) is 0 Å². The zero-order valence-electron chi connectivity index (χ0n) is 12.5. The van der Waals surface area contributed by atoms with E-state index in [0.717, 1.165) is 24.8 Å². The molecule has 1 fully saturated rings. The van der Waals surface area contributed by atoms with Crippen LogP contribution in [0.5, 0.6) is 0 Å². The molecule has 0 amide bonds. The van der Waals surface area contributed by atoms with Gasteiger partial charge in [-0.15, -0.1) is 0 Å². The number of nitrogens with zero attached hydrogens (tertiary/aromatic N) is 1. The predicted molar refractivity (Wildman–Crippen MR) is 81.4 cm³/mol. The van der Waals surface area contributed by atoms with Crippen LogP contribution in [-0.4, -0.2) is 25.8 Å². The second-order valence-electron chi connectivity index (χ2n) is 6.47. The molecule has 1 saturated carbocycles. The van der Waals surface area contributed by atoms with Gasteiger partial charge < -0.3 is 0 Å². The Labute approximate surface area is 122 Å². The van der Waals surface area contributed by atoms with Gasteiger partial charge in [-0.3, -0.25) is 0 Å². The summed E-state index contributed by atoms with van der Waals surface area (Å²) in [4.78, 5) is 0. The quantitative estimate of drug-likeness (QED) is 0.907. The summed E-state index contributed by atoms with van der Waals surface area (Å²) >= 11 is 0. The predicted octanol–water partition coefficient (Wildman–Crippen LogP) is 2.53. The van der Waals surface area contributed by atoms with Crippen LogP contribution in [0.2, 0.25) is 0 Å². The third kappa shape index (κ3) is 4.04. The molecule has 0 radical (unpaired) electrons. The first-order valence-electron chi connectivity index (χ1n) is 7.06. The SMILES string of the molecule is CN(Cc1ccccc1)S(=O)(=O)NC1CCC(C)(C)C1. The maximum absolute atomic E-state index is 12.3. The molecule has 4 nitrogen and oxygen atoms in total. The highest BCUT2D eigenvalue weighted by atomic mass is 32.2. The first kappa shape index (κ1) is 15.5. The zero-order chi connectivity index (χ0) is 14.8. The molecule has 2 rings (SSSR count). The van der Waals surface area contributed by atoms with Crippen molar-refractivity contribution in [3.63, 3.8) is 0 Å². The van der Waals surface area contributed by atoms with Crippen LogP contribution in [0.4, 0.5) is 0 Å². The van der Waals surface area contributed by atoms with Gasteiger partial charge in [-0.1, -0.05) is 44.2 Å². The van der Waals surface area contributed by atoms with E-state index in [4.69, 9.17) is 0 Å². The van der Waals surface area contributed by atoms with Gasteiger partial charge in [0.1, 0.15) is 0 Å². The van der Waals surface area contributed by atoms with Crippen LogP contribution in [0.3, 0.4) is 0 Å². The Kier molecular flexibility index (Phi) is 4.52.